The molecule has 3 aromatic rings. The molecule has 3 N–H and O–H groups in total. The van der Waals surface area contributed by atoms with Crippen molar-refractivity contribution in [1.82, 2.24) is 4.57 Å². The van der Waals surface area contributed by atoms with Crippen molar-refractivity contribution in [1.29, 1.82) is 0 Å². The number of carbonyl (C=O) groups excluding carboxylic acids is 1. The quantitative estimate of drug-likeness (QED) is 0.598. The lowest BCUT2D eigenvalue weighted by atomic mass is 9.87. The molecule has 152 valence electrons. The maximum atomic E-state index is 12.4. The summed E-state index contributed by atoms with van der Waals surface area (Å²) in [6, 6.07) is 13.4. The number of aromatic nitrogens is 1. The molecule has 2 heterocycles. The van der Waals surface area contributed by atoms with E-state index in [1.165, 1.54) is 18.3 Å². The number of hydrogen-bond donors (Lipinski definition) is 3. The average molecular weight is 406 g/mol. The number of rotatable bonds is 5. The molecule has 0 radical (unpaired) electrons. The topological polar surface area (TPSA) is 118 Å². The summed E-state index contributed by atoms with van der Waals surface area (Å²) in [6.45, 7) is 0. The molecule has 30 heavy (non-hydrogen) atoms. The number of nitrogens with zero attached hydrogens (tertiary/aromatic N) is 1. The van der Waals surface area contributed by atoms with E-state index in [0.717, 1.165) is 5.56 Å². The lowest BCUT2D eigenvalue weighted by molar-refractivity contribution is -0.116. The van der Waals surface area contributed by atoms with Gasteiger partial charge in [0.15, 0.2) is 0 Å². The Morgan fingerprint density at radius 1 is 1.10 bits per heavy atom. The second-order valence-electron chi connectivity index (χ2n) is 6.91. The summed E-state index contributed by atoms with van der Waals surface area (Å²) in [6.07, 6.45) is 1.58. The van der Waals surface area contributed by atoms with Crippen molar-refractivity contribution < 1.29 is 29.3 Å². The largest absolute Gasteiger partial charge is 0.497 e. The van der Waals surface area contributed by atoms with E-state index in [1.807, 2.05) is 6.07 Å². The highest BCUT2D eigenvalue weighted by Crippen LogP contribution is 2.42. The van der Waals surface area contributed by atoms with Crippen LogP contribution in [0, 0.1) is 0 Å². The standard InChI is InChI=1S/C22H18N2O6/c1-30-15-4-2-3-14(9-15)24-11-17(22(28)29)19-20(24)16(10-18(25)23-19)12-5-7-13(8-6-12)21(26)27/h2-9,11,16H,10H2,1H3,(H,23,25)(H,26,27)(H,28,29). The second kappa shape index (κ2) is 7.40. The molecule has 0 saturated carbocycles. The van der Waals surface area contributed by atoms with Gasteiger partial charge in [-0.15, -0.1) is 0 Å². The number of hydrogen-bond acceptors (Lipinski definition) is 4. The average Bonchev–Trinajstić information content (AvgIpc) is 3.13. The molecule has 1 unspecified atom stereocenters. The predicted octanol–water partition coefficient (Wildman–Crippen LogP) is 3.36. The van der Waals surface area contributed by atoms with Crippen molar-refractivity contribution in [3.63, 3.8) is 0 Å². The van der Waals surface area contributed by atoms with Crippen LogP contribution in [0.1, 0.15) is 44.3 Å². The third-order valence-corrected chi connectivity index (χ3v) is 5.15. The molecule has 1 aliphatic rings. The van der Waals surface area contributed by atoms with Crippen molar-refractivity contribution >= 4 is 23.5 Å². The lowest BCUT2D eigenvalue weighted by Crippen LogP contribution is -2.25. The van der Waals surface area contributed by atoms with Crippen molar-refractivity contribution in [2.45, 2.75) is 12.3 Å². The summed E-state index contributed by atoms with van der Waals surface area (Å²) in [7, 11) is 1.54. The molecule has 1 amide bonds. The van der Waals surface area contributed by atoms with Crippen LogP contribution in [-0.4, -0.2) is 39.7 Å². The molecular weight excluding hydrogens is 388 g/mol. The Balaban J connectivity index is 1.92. The number of methoxy groups -OCH3 is 1. The number of amides is 1. The van der Waals surface area contributed by atoms with Crippen LogP contribution >= 0.6 is 0 Å². The van der Waals surface area contributed by atoms with Crippen LogP contribution in [0.4, 0.5) is 5.69 Å². The van der Waals surface area contributed by atoms with E-state index in [1.54, 1.807) is 42.0 Å². The molecule has 0 aliphatic carbocycles. The SMILES string of the molecule is COc1cccc(-n2cc(C(=O)O)c3c2C(c2ccc(C(=O)O)cc2)CC(=O)N3)c1. The molecule has 0 saturated heterocycles. The van der Waals surface area contributed by atoms with Gasteiger partial charge in [-0.25, -0.2) is 9.59 Å². The number of carbonyl (C=O) groups is 3. The van der Waals surface area contributed by atoms with Crippen LogP contribution in [-0.2, 0) is 4.79 Å². The van der Waals surface area contributed by atoms with Gasteiger partial charge < -0.3 is 24.8 Å². The van der Waals surface area contributed by atoms with E-state index < -0.39 is 17.9 Å². The van der Waals surface area contributed by atoms with Gasteiger partial charge in [-0.1, -0.05) is 18.2 Å². The van der Waals surface area contributed by atoms with Gasteiger partial charge in [0.25, 0.3) is 0 Å². The van der Waals surface area contributed by atoms with Crippen molar-refractivity contribution in [3.8, 4) is 11.4 Å². The van der Waals surface area contributed by atoms with Crippen LogP contribution in [0.15, 0.2) is 54.7 Å². The zero-order valence-corrected chi connectivity index (χ0v) is 16.0. The number of ether oxygens (including phenoxy) is 1. The zero-order chi connectivity index (χ0) is 21.4. The first-order valence-electron chi connectivity index (χ1n) is 9.15. The van der Waals surface area contributed by atoms with E-state index in [4.69, 9.17) is 9.84 Å². The maximum absolute atomic E-state index is 12.4. The Bertz CT molecular complexity index is 1160. The number of fused-ring (bicyclic) bond motifs is 1. The fraction of sp³-hybridized carbons (Fsp3) is 0.136. The Labute approximate surface area is 171 Å². The van der Waals surface area contributed by atoms with E-state index >= 15 is 0 Å². The van der Waals surface area contributed by atoms with E-state index in [0.29, 0.717) is 17.1 Å². The maximum Gasteiger partial charge on any atom is 0.339 e. The molecule has 8 heteroatoms. The van der Waals surface area contributed by atoms with E-state index in [2.05, 4.69) is 5.32 Å². The monoisotopic (exact) mass is 406 g/mol. The van der Waals surface area contributed by atoms with Gasteiger partial charge in [0, 0.05) is 30.3 Å². The number of nitrogens with one attached hydrogen (secondary N) is 1. The highest BCUT2D eigenvalue weighted by Gasteiger charge is 2.34. The van der Waals surface area contributed by atoms with E-state index in [-0.39, 0.29) is 29.1 Å². The summed E-state index contributed by atoms with van der Waals surface area (Å²) >= 11 is 0. The van der Waals surface area contributed by atoms with Gasteiger partial charge in [-0.3, -0.25) is 4.79 Å². The van der Waals surface area contributed by atoms with Crippen molar-refractivity contribution in [2.75, 3.05) is 12.4 Å². The zero-order valence-electron chi connectivity index (χ0n) is 16.0. The Hall–Kier alpha value is -4.07. The Morgan fingerprint density at radius 3 is 2.47 bits per heavy atom. The summed E-state index contributed by atoms with van der Waals surface area (Å²) in [5.41, 5.74) is 2.37. The number of benzene rings is 2. The normalized spacial score (nSPS) is 15.2. The van der Waals surface area contributed by atoms with Gasteiger partial charge in [-0.2, -0.15) is 0 Å². The predicted molar refractivity (Wildman–Crippen MR) is 108 cm³/mol. The third-order valence-electron chi connectivity index (χ3n) is 5.15. The molecule has 1 atom stereocenters. The minimum Gasteiger partial charge on any atom is -0.497 e. The van der Waals surface area contributed by atoms with Crippen LogP contribution < -0.4 is 10.1 Å². The van der Waals surface area contributed by atoms with Gasteiger partial charge in [0.1, 0.15) is 11.3 Å². The third kappa shape index (κ3) is 3.28. The molecule has 1 aromatic heterocycles. The summed E-state index contributed by atoms with van der Waals surface area (Å²) in [5, 5.41) is 21.5. The summed E-state index contributed by atoms with van der Waals surface area (Å²) < 4.78 is 7.02. The number of carboxylic acids is 2. The van der Waals surface area contributed by atoms with Gasteiger partial charge in [0.2, 0.25) is 5.91 Å². The lowest BCUT2D eigenvalue weighted by Gasteiger charge is -2.26. The van der Waals surface area contributed by atoms with Gasteiger partial charge in [0.05, 0.1) is 24.1 Å². The summed E-state index contributed by atoms with van der Waals surface area (Å²) in [5.74, 6) is -2.35. The minimum absolute atomic E-state index is 0.0203. The molecular formula is C22H18N2O6. The highest BCUT2D eigenvalue weighted by atomic mass is 16.5. The van der Waals surface area contributed by atoms with Gasteiger partial charge in [-0.05, 0) is 29.8 Å². The first-order valence-corrected chi connectivity index (χ1v) is 9.15. The number of carboxylic acid groups (broad SMARTS) is 2. The minimum atomic E-state index is -1.16. The fourth-order valence-corrected chi connectivity index (χ4v) is 3.74. The number of aromatic carboxylic acids is 2. The molecule has 0 spiro atoms. The Kier molecular flexibility index (Phi) is 4.75. The van der Waals surface area contributed by atoms with Crippen LogP contribution in [0.25, 0.3) is 5.69 Å². The van der Waals surface area contributed by atoms with Crippen molar-refractivity contribution in [2.24, 2.45) is 0 Å². The molecule has 1 aliphatic heterocycles. The highest BCUT2D eigenvalue weighted by molar-refractivity contribution is 6.04. The second-order valence-corrected chi connectivity index (χ2v) is 6.91. The van der Waals surface area contributed by atoms with Crippen LogP contribution in [0.5, 0.6) is 5.75 Å². The molecule has 2 aromatic carbocycles. The first kappa shape index (κ1) is 19.3. The van der Waals surface area contributed by atoms with Crippen LogP contribution in [0.3, 0.4) is 0 Å². The first-order chi connectivity index (χ1) is 14.4. The molecule has 0 bridgehead atoms. The number of anilines is 1. The molecule has 8 nitrogen and oxygen atoms in total. The Morgan fingerprint density at radius 2 is 1.83 bits per heavy atom. The smallest absolute Gasteiger partial charge is 0.339 e. The van der Waals surface area contributed by atoms with Gasteiger partial charge >= 0.3 is 11.9 Å². The fourth-order valence-electron chi connectivity index (χ4n) is 3.74. The van der Waals surface area contributed by atoms with Crippen molar-refractivity contribution in [3.05, 3.63) is 77.1 Å². The summed E-state index contributed by atoms with van der Waals surface area (Å²) in [4.78, 5) is 35.4. The van der Waals surface area contributed by atoms with Crippen LogP contribution in [0.2, 0.25) is 0 Å². The molecule has 0 fully saturated rings. The van der Waals surface area contributed by atoms with E-state index in [9.17, 15) is 19.5 Å². The molecule has 4 rings (SSSR count).